The average Bonchev–Trinajstić information content (AvgIpc) is 2.80. The van der Waals surface area contributed by atoms with Crippen molar-refractivity contribution in [3.63, 3.8) is 0 Å². The van der Waals surface area contributed by atoms with Crippen molar-refractivity contribution in [1.82, 2.24) is 10.6 Å². The largest absolute Gasteiger partial charge is 0.308 e. The fourth-order valence-corrected chi connectivity index (χ4v) is 4.83. The van der Waals surface area contributed by atoms with E-state index in [1.54, 1.807) is 0 Å². The molecule has 0 heterocycles. The molecule has 0 aromatic heterocycles. The number of nitrogens with one attached hydrogen (secondary N) is 2. The third-order valence-electron chi connectivity index (χ3n) is 6.56. The van der Waals surface area contributed by atoms with Crippen LogP contribution >= 0.6 is 0 Å². The van der Waals surface area contributed by atoms with Crippen LogP contribution in [0.15, 0.2) is 84.5 Å². The standard InChI is InChI=1S/C29H38N2/c1-5-13-27-23(6-2)15-12-16-25(27)21-31-29-19-11-10-18-28(29)30-20-24(7-3)26-17-9-8-14-22(26)4/h5-9,13-14,16-17,28-31H,2-4,10-12,15,18-21H2,1H3/b13-5-,26-24+. The summed E-state index contributed by atoms with van der Waals surface area (Å²) in [6.45, 7) is 16.1. The van der Waals surface area contributed by atoms with Crippen LogP contribution in [0.1, 0.15) is 45.4 Å². The molecule has 1 saturated carbocycles. The Labute approximate surface area is 188 Å². The zero-order chi connectivity index (χ0) is 22.1. The topological polar surface area (TPSA) is 24.1 Å². The highest BCUT2D eigenvalue weighted by Crippen LogP contribution is 2.27. The fraction of sp³-hybridized carbons (Fsp3) is 0.379. The van der Waals surface area contributed by atoms with Gasteiger partial charge in [-0.1, -0.05) is 87.2 Å². The summed E-state index contributed by atoms with van der Waals surface area (Å²) in [5.74, 6) is 0. The number of hydrogen-bond donors (Lipinski definition) is 2. The van der Waals surface area contributed by atoms with Crippen LogP contribution < -0.4 is 21.1 Å². The van der Waals surface area contributed by atoms with Crippen molar-refractivity contribution >= 4 is 12.2 Å². The molecule has 164 valence electrons. The zero-order valence-corrected chi connectivity index (χ0v) is 19.1. The summed E-state index contributed by atoms with van der Waals surface area (Å²) in [4.78, 5) is 0. The first kappa shape index (κ1) is 23.2. The molecule has 0 saturated heterocycles. The highest BCUT2D eigenvalue weighted by molar-refractivity contribution is 5.57. The van der Waals surface area contributed by atoms with Crippen LogP contribution in [0.4, 0.5) is 0 Å². The van der Waals surface area contributed by atoms with E-state index in [9.17, 15) is 0 Å². The maximum Gasteiger partial charge on any atom is 0.0224 e. The lowest BCUT2D eigenvalue weighted by atomic mass is 9.88. The highest BCUT2D eigenvalue weighted by Gasteiger charge is 2.25. The van der Waals surface area contributed by atoms with Crippen molar-refractivity contribution < 1.29 is 0 Å². The summed E-state index contributed by atoms with van der Waals surface area (Å²) in [5, 5.41) is 9.97. The van der Waals surface area contributed by atoms with Crippen LogP contribution in [-0.4, -0.2) is 25.2 Å². The quantitative estimate of drug-likeness (QED) is 0.612. The third kappa shape index (κ3) is 6.06. The third-order valence-corrected chi connectivity index (χ3v) is 6.56. The minimum absolute atomic E-state index is 0.470. The van der Waals surface area contributed by atoms with E-state index in [0.29, 0.717) is 12.1 Å². The fourth-order valence-electron chi connectivity index (χ4n) is 4.83. The minimum atomic E-state index is 0.470. The minimum Gasteiger partial charge on any atom is -0.308 e. The van der Waals surface area contributed by atoms with Crippen molar-refractivity contribution in [1.29, 1.82) is 0 Å². The van der Waals surface area contributed by atoms with Crippen LogP contribution in [0, 0.1) is 0 Å². The first-order chi connectivity index (χ1) is 15.2. The van der Waals surface area contributed by atoms with Crippen molar-refractivity contribution in [2.24, 2.45) is 0 Å². The molecular formula is C29H38N2. The Kier molecular flexibility index (Phi) is 8.87. The molecule has 31 heavy (non-hydrogen) atoms. The monoisotopic (exact) mass is 414 g/mol. The molecule has 2 N–H and O–H groups in total. The second kappa shape index (κ2) is 11.8. The van der Waals surface area contributed by atoms with Gasteiger partial charge in [-0.25, -0.2) is 0 Å². The van der Waals surface area contributed by atoms with Gasteiger partial charge in [0.05, 0.1) is 0 Å². The molecule has 0 radical (unpaired) electrons. The summed E-state index contributed by atoms with van der Waals surface area (Å²) in [6.07, 6.45) is 18.0. The molecule has 2 aliphatic rings. The van der Waals surface area contributed by atoms with Gasteiger partial charge < -0.3 is 10.6 Å². The lowest BCUT2D eigenvalue weighted by Gasteiger charge is -2.34. The molecule has 0 bridgehead atoms. The van der Waals surface area contributed by atoms with E-state index in [1.807, 2.05) is 18.2 Å². The van der Waals surface area contributed by atoms with Crippen molar-refractivity contribution in [3.05, 3.63) is 95.0 Å². The van der Waals surface area contributed by atoms with Gasteiger partial charge in [0, 0.05) is 25.2 Å². The Balaban J connectivity index is 1.68. The van der Waals surface area contributed by atoms with E-state index in [2.05, 4.69) is 73.7 Å². The predicted molar refractivity (Wildman–Crippen MR) is 136 cm³/mol. The van der Waals surface area contributed by atoms with Crippen LogP contribution in [0.3, 0.4) is 0 Å². The Morgan fingerprint density at radius 3 is 2.52 bits per heavy atom. The molecule has 1 aromatic carbocycles. The molecule has 3 rings (SSSR count). The van der Waals surface area contributed by atoms with Crippen LogP contribution in [0.2, 0.25) is 0 Å². The summed E-state index contributed by atoms with van der Waals surface area (Å²) < 4.78 is 0. The van der Waals surface area contributed by atoms with Gasteiger partial charge in [-0.05, 0) is 65.3 Å². The molecule has 2 unspecified atom stereocenters. The Morgan fingerprint density at radius 1 is 1.10 bits per heavy atom. The molecule has 1 fully saturated rings. The number of hydrogen-bond acceptors (Lipinski definition) is 2. The SMILES string of the molecule is C=CC1=C(/C=C\C)C(CNC2CCCCC2NC/C(C=C)=c2\ccccc2=C)=CCC1. The second-order valence-corrected chi connectivity index (χ2v) is 8.56. The molecular weight excluding hydrogens is 376 g/mol. The van der Waals surface area contributed by atoms with E-state index in [1.165, 1.54) is 53.2 Å². The average molecular weight is 415 g/mol. The number of rotatable bonds is 9. The molecule has 0 amide bonds. The van der Waals surface area contributed by atoms with Crippen LogP contribution in [-0.2, 0) is 0 Å². The number of benzene rings is 1. The van der Waals surface area contributed by atoms with Crippen molar-refractivity contribution in [2.45, 2.75) is 57.5 Å². The Bertz CT molecular complexity index is 976. The highest BCUT2D eigenvalue weighted by atomic mass is 15.0. The van der Waals surface area contributed by atoms with Gasteiger partial charge in [-0.15, -0.1) is 0 Å². The summed E-state index contributed by atoms with van der Waals surface area (Å²) in [7, 11) is 0. The van der Waals surface area contributed by atoms with Gasteiger partial charge in [0.25, 0.3) is 0 Å². The van der Waals surface area contributed by atoms with Crippen molar-refractivity contribution in [2.75, 3.05) is 13.1 Å². The maximum absolute atomic E-state index is 4.18. The van der Waals surface area contributed by atoms with Crippen molar-refractivity contribution in [3.8, 4) is 0 Å². The predicted octanol–water partition coefficient (Wildman–Crippen LogP) is 4.70. The van der Waals surface area contributed by atoms with E-state index in [4.69, 9.17) is 0 Å². The summed E-state index contributed by atoms with van der Waals surface area (Å²) in [6, 6.07) is 9.27. The molecule has 2 atom stereocenters. The molecule has 2 nitrogen and oxygen atoms in total. The van der Waals surface area contributed by atoms with Gasteiger partial charge in [0.15, 0.2) is 0 Å². The van der Waals surface area contributed by atoms with Gasteiger partial charge in [0.1, 0.15) is 0 Å². The molecule has 1 aromatic rings. The smallest absolute Gasteiger partial charge is 0.0224 e. The summed E-state index contributed by atoms with van der Waals surface area (Å²) in [5.41, 5.74) is 5.35. The maximum atomic E-state index is 4.18. The Morgan fingerprint density at radius 2 is 1.84 bits per heavy atom. The second-order valence-electron chi connectivity index (χ2n) is 8.56. The summed E-state index contributed by atoms with van der Waals surface area (Å²) >= 11 is 0. The molecule has 0 spiro atoms. The number of allylic oxidation sites excluding steroid dienone is 5. The first-order valence-corrected chi connectivity index (χ1v) is 11.7. The van der Waals surface area contributed by atoms with E-state index in [0.717, 1.165) is 31.1 Å². The van der Waals surface area contributed by atoms with E-state index >= 15 is 0 Å². The van der Waals surface area contributed by atoms with Crippen LogP contribution in [0.5, 0.6) is 0 Å². The van der Waals surface area contributed by atoms with Gasteiger partial charge in [-0.3, -0.25) is 0 Å². The van der Waals surface area contributed by atoms with Crippen LogP contribution in [0.25, 0.3) is 12.2 Å². The normalized spacial score (nSPS) is 22.9. The van der Waals surface area contributed by atoms with E-state index in [-0.39, 0.29) is 0 Å². The molecule has 2 heteroatoms. The molecule has 2 aliphatic carbocycles. The lowest BCUT2D eigenvalue weighted by Crippen LogP contribution is -2.51. The first-order valence-electron chi connectivity index (χ1n) is 11.7. The van der Waals surface area contributed by atoms with Gasteiger partial charge in [0.2, 0.25) is 0 Å². The van der Waals surface area contributed by atoms with E-state index < -0.39 is 0 Å². The molecule has 0 aliphatic heterocycles. The van der Waals surface area contributed by atoms with Gasteiger partial charge in [-0.2, -0.15) is 0 Å². The Hall–Kier alpha value is -2.42. The van der Waals surface area contributed by atoms with Gasteiger partial charge >= 0.3 is 0 Å². The zero-order valence-electron chi connectivity index (χ0n) is 19.1. The lowest BCUT2D eigenvalue weighted by molar-refractivity contribution is 0.297.